The van der Waals surface area contributed by atoms with Crippen LogP contribution in [0.3, 0.4) is 0 Å². The first kappa shape index (κ1) is 21.4. The SMILES string of the molecule is CN(C)C(=O)Oc1ccc([N+](C)(C)C)cc1OC(=O)N(C)C.[I-]. The van der Waals surface area contributed by atoms with Crippen molar-refractivity contribution in [2.45, 2.75) is 0 Å². The second-order valence-electron chi connectivity index (χ2n) is 6.17. The maximum absolute atomic E-state index is 11.8. The summed E-state index contributed by atoms with van der Waals surface area (Å²) in [4.78, 5) is 26.1. The zero-order valence-corrected chi connectivity index (χ0v) is 16.7. The summed E-state index contributed by atoms with van der Waals surface area (Å²) in [5, 5.41) is 0. The molecule has 0 saturated heterocycles. The van der Waals surface area contributed by atoms with Crippen LogP contribution < -0.4 is 37.9 Å². The molecular formula is C15H24IN3O4. The van der Waals surface area contributed by atoms with Gasteiger partial charge in [0.05, 0.1) is 21.1 Å². The summed E-state index contributed by atoms with van der Waals surface area (Å²) in [5.41, 5.74) is 0.909. The molecule has 130 valence electrons. The Kier molecular flexibility index (Phi) is 7.78. The number of hydrogen-bond acceptors (Lipinski definition) is 4. The molecule has 1 aromatic rings. The maximum atomic E-state index is 11.8. The first-order valence-corrected chi connectivity index (χ1v) is 6.76. The van der Waals surface area contributed by atoms with Crippen molar-refractivity contribution in [3.05, 3.63) is 18.2 Å². The number of nitrogens with zero attached hydrogens (tertiary/aromatic N) is 3. The molecule has 0 heterocycles. The van der Waals surface area contributed by atoms with Crippen molar-refractivity contribution in [2.75, 3.05) is 49.3 Å². The van der Waals surface area contributed by atoms with E-state index in [-0.39, 0.29) is 35.5 Å². The smallest absolute Gasteiger partial charge is 0.414 e. The quantitative estimate of drug-likeness (QED) is 0.450. The zero-order chi connectivity index (χ0) is 17.1. The van der Waals surface area contributed by atoms with Gasteiger partial charge in [0.1, 0.15) is 5.69 Å². The Hall–Kier alpha value is -1.55. The molecule has 0 aliphatic carbocycles. The summed E-state index contributed by atoms with van der Waals surface area (Å²) in [6.45, 7) is 0. The average Bonchev–Trinajstić information content (AvgIpc) is 2.38. The molecular weight excluding hydrogens is 413 g/mol. The van der Waals surface area contributed by atoms with E-state index in [2.05, 4.69) is 0 Å². The maximum Gasteiger partial charge on any atom is 0.414 e. The van der Waals surface area contributed by atoms with E-state index in [1.165, 1.54) is 9.80 Å². The van der Waals surface area contributed by atoms with Crippen LogP contribution in [0, 0.1) is 0 Å². The number of carbonyl (C=O) groups is 2. The van der Waals surface area contributed by atoms with Crippen LogP contribution in [0.25, 0.3) is 0 Å². The van der Waals surface area contributed by atoms with Gasteiger partial charge in [-0.25, -0.2) is 9.59 Å². The van der Waals surface area contributed by atoms with E-state index in [0.717, 1.165) is 5.69 Å². The van der Waals surface area contributed by atoms with Gasteiger partial charge in [-0.05, 0) is 6.07 Å². The van der Waals surface area contributed by atoms with Gasteiger partial charge in [-0.2, -0.15) is 0 Å². The Morgan fingerprint density at radius 3 is 1.70 bits per heavy atom. The van der Waals surface area contributed by atoms with E-state index in [0.29, 0.717) is 4.48 Å². The predicted molar refractivity (Wildman–Crippen MR) is 85.4 cm³/mol. The van der Waals surface area contributed by atoms with E-state index < -0.39 is 12.2 Å². The normalized spacial score (nSPS) is 10.4. The summed E-state index contributed by atoms with van der Waals surface area (Å²) < 4.78 is 11.1. The van der Waals surface area contributed by atoms with Gasteiger partial charge in [0, 0.05) is 40.3 Å². The highest BCUT2D eigenvalue weighted by Crippen LogP contribution is 2.33. The van der Waals surface area contributed by atoms with Crippen molar-refractivity contribution in [3.8, 4) is 11.5 Å². The molecule has 0 aromatic heterocycles. The molecule has 0 aliphatic rings. The van der Waals surface area contributed by atoms with Crippen LogP contribution in [-0.4, -0.2) is 71.3 Å². The van der Waals surface area contributed by atoms with Crippen LogP contribution >= 0.6 is 0 Å². The molecule has 0 bridgehead atoms. The lowest BCUT2D eigenvalue weighted by atomic mass is 10.2. The highest BCUT2D eigenvalue weighted by molar-refractivity contribution is 5.75. The van der Waals surface area contributed by atoms with Crippen LogP contribution in [0.2, 0.25) is 0 Å². The van der Waals surface area contributed by atoms with E-state index >= 15 is 0 Å². The molecule has 0 atom stereocenters. The fourth-order valence-corrected chi connectivity index (χ4v) is 1.45. The lowest BCUT2D eigenvalue weighted by Gasteiger charge is -2.24. The molecule has 0 radical (unpaired) electrons. The molecule has 23 heavy (non-hydrogen) atoms. The predicted octanol–water partition coefficient (Wildman–Crippen LogP) is -0.992. The molecule has 7 nitrogen and oxygen atoms in total. The number of rotatable bonds is 3. The number of amides is 2. The summed E-state index contributed by atoms with van der Waals surface area (Å²) in [7, 11) is 12.3. The standard InChI is InChI=1S/C15H24N3O4.HI/c1-16(2)14(19)21-12-9-8-11(18(5,6)7)10-13(12)22-15(20)17(3)4;/h8-10H,1-7H3;1H/q+1;/p-1. The van der Waals surface area contributed by atoms with E-state index in [1.54, 1.807) is 40.3 Å². The number of hydrogen-bond donors (Lipinski definition) is 0. The fraction of sp³-hybridized carbons (Fsp3) is 0.467. The minimum atomic E-state index is -0.542. The Morgan fingerprint density at radius 1 is 0.870 bits per heavy atom. The van der Waals surface area contributed by atoms with E-state index in [1.807, 2.05) is 27.2 Å². The highest BCUT2D eigenvalue weighted by Gasteiger charge is 2.21. The molecule has 1 rings (SSSR count). The Morgan fingerprint density at radius 2 is 1.30 bits per heavy atom. The molecule has 1 aromatic carbocycles. The summed E-state index contributed by atoms with van der Waals surface area (Å²) >= 11 is 0. The largest absolute Gasteiger partial charge is 1.00 e. The van der Waals surface area contributed by atoms with Crippen LogP contribution in [0.1, 0.15) is 0 Å². The second-order valence-corrected chi connectivity index (χ2v) is 6.17. The van der Waals surface area contributed by atoms with Crippen LogP contribution in [0.5, 0.6) is 11.5 Å². The van der Waals surface area contributed by atoms with Crippen molar-refractivity contribution in [3.63, 3.8) is 0 Å². The third kappa shape index (κ3) is 6.22. The van der Waals surface area contributed by atoms with Gasteiger partial charge in [-0.1, -0.05) is 0 Å². The zero-order valence-electron chi connectivity index (χ0n) is 14.6. The van der Waals surface area contributed by atoms with Crippen molar-refractivity contribution >= 4 is 17.9 Å². The van der Waals surface area contributed by atoms with E-state index in [4.69, 9.17) is 9.47 Å². The molecule has 2 amide bonds. The third-order valence-electron chi connectivity index (χ3n) is 2.83. The lowest BCUT2D eigenvalue weighted by molar-refractivity contribution is -0.0000144. The van der Waals surface area contributed by atoms with Crippen LogP contribution in [0.15, 0.2) is 18.2 Å². The van der Waals surface area contributed by atoms with Gasteiger partial charge in [0.2, 0.25) is 0 Å². The minimum absolute atomic E-state index is 0. The molecule has 0 saturated carbocycles. The Labute approximate surface area is 154 Å². The number of quaternary nitrogens is 1. The summed E-state index contributed by atoms with van der Waals surface area (Å²) in [5.74, 6) is 0.408. The van der Waals surface area contributed by atoms with Gasteiger partial charge in [0.15, 0.2) is 11.5 Å². The fourth-order valence-electron chi connectivity index (χ4n) is 1.45. The van der Waals surface area contributed by atoms with Gasteiger partial charge in [0.25, 0.3) is 0 Å². The molecule has 0 fully saturated rings. The van der Waals surface area contributed by atoms with Crippen molar-refractivity contribution < 1.29 is 43.0 Å². The van der Waals surface area contributed by atoms with Gasteiger partial charge in [-0.15, -0.1) is 0 Å². The molecule has 8 heteroatoms. The number of carbonyl (C=O) groups excluding carboxylic acids is 2. The lowest BCUT2D eigenvalue weighted by Crippen LogP contribution is -3.00. The highest BCUT2D eigenvalue weighted by atomic mass is 127. The number of ether oxygens (including phenoxy) is 2. The molecule has 0 unspecified atom stereocenters. The minimum Gasteiger partial charge on any atom is -1.00 e. The molecule has 0 aliphatic heterocycles. The van der Waals surface area contributed by atoms with Crippen molar-refractivity contribution in [1.82, 2.24) is 14.3 Å². The van der Waals surface area contributed by atoms with Gasteiger partial charge in [-0.3, -0.25) is 4.48 Å². The first-order valence-electron chi connectivity index (χ1n) is 6.76. The van der Waals surface area contributed by atoms with Crippen molar-refractivity contribution in [2.24, 2.45) is 0 Å². The Bertz CT molecular complexity index is 568. The summed E-state index contributed by atoms with van der Waals surface area (Å²) in [6.07, 6.45) is -1.08. The topological polar surface area (TPSA) is 59.1 Å². The number of halogens is 1. The van der Waals surface area contributed by atoms with Gasteiger partial charge >= 0.3 is 12.2 Å². The van der Waals surface area contributed by atoms with Crippen LogP contribution in [0.4, 0.5) is 15.3 Å². The monoisotopic (exact) mass is 437 g/mol. The second kappa shape index (κ2) is 8.34. The third-order valence-corrected chi connectivity index (χ3v) is 2.83. The van der Waals surface area contributed by atoms with Gasteiger partial charge < -0.3 is 43.3 Å². The molecule has 0 spiro atoms. The number of benzene rings is 1. The first-order chi connectivity index (χ1) is 10.0. The Balaban J connectivity index is 0.00000484. The average molecular weight is 437 g/mol. The molecule has 0 N–H and O–H groups in total. The van der Waals surface area contributed by atoms with Crippen LogP contribution in [-0.2, 0) is 0 Å². The van der Waals surface area contributed by atoms with Crippen molar-refractivity contribution in [1.29, 1.82) is 0 Å². The van der Waals surface area contributed by atoms with E-state index in [9.17, 15) is 9.59 Å². The summed E-state index contributed by atoms with van der Waals surface area (Å²) in [6, 6.07) is 5.14.